The van der Waals surface area contributed by atoms with Crippen molar-refractivity contribution in [2.75, 3.05) is 5.32 Å². The molecule has 116 valence electrons. The minimum absolute atomic E-state index is 0.241. The zero-order valence-corrected chi connectivity index (χ0v) is 13.2. The average molecular weight is 313 g/mol. The number of carbonyl (C=O) groups is 1. The van der Waals surface area contributed by atoms with E-state index in [9.17, 15) is 4.79 Å². The van der Waals surface area contributed by atoms with Gasteiger partial charge in [-0.25, -0.2) is 0 Å². The molecule has 0 radical (unpaired) electrons. The van der Waals surface area contributed by atoms with Crippen molar-refractivity contribution in [3.05, 3.63) is 83.6 Å². The van der Waals surface area contributed by atoms with E-state index in [1.165, 1.54) is 0 Å². The molecule has 0 bridgehead atoms. The van der Waals surface area contributed by atoms with Crippen LogP contribution in [0.25, 0.3) is 11.3 Å². The lowest BCUT2D eigenvalue weighted by atomic mass is 10.1. The van der Waals surface area contributed by atoms with E-state index in [0.717, 1.165) is 11.3 Å². The summed E-state index contributed by atoms with van der Waals surface area (Å²) in [4.78, 5) is 17.0. The van der Waals surface area contributed by atoms with Gasteiger partial charge in [-0.05, 0) is 37.3 Å². The van der Waals surface area contributed by atoms with Crippen LogP contribution in [0.5, 0.6) is 0 Å². The molecule has 2 aromatic carbocycles. The lowest BCUT2D eigenvalue weighted by molar-refractivity contribution is 0.102. The third kappa shape index (κ3) is 3.31. The maximum absolute atomic E-state index is 12.4. The second-order valence-electron chi connectivity index (χ2n) is 5.34. The van der Waals surface area contributed by atoms with E-state index in [0.29, 0.717) is 22.5 Å². The molecule has 1 N–H and O–H groups in total. The lowest BCUT2D eigenvalue weighted by Gasteiger charge is -2.09. The second kappa shape index (κ2) is 6.76. The van der Waals surface area contributed by atoms with Crippen LogP contribution in [0.15, 0.2) is 66.7 Å². The van der Waals surface area contributed by atoms with Crippen molar-refractivity contribution in [3.63, 3.8) is 0 Å². The van der Waals surface area contributed by atoms with Crippen LogP contribution in [-0.2, 0) is 0 Å². The SMILES string of the molecule is Cc1nc(-c2ccccc2)ccc1C(=O)Nc1cccc(C#N)c1. The maximum Gasteiger partial charge on any atom is 0.257 e. The average Bonchev–Trinajstić information content (AvgIpc) is 2.62. The number of benzene rings is 2. The van der Waals surface area contributed by atoms with E-state index in [1.54, 1.807) is 30.3 Å². The second-order valence-corrected chi connectivity index (χ2v) is 5.34. The fraction of sp³-hybridized carbons (Fsp3) is 0.0500. The molecule has 0 saturated heterocycles. The molecule has 0 atom stereocenters. The Morgan fingerprint density at radius 3 is 2.54 bits per heavy atom. The van der Waals surface area contributed by atoms with E-state index >= 15 is 0 Å². The topological polar surface area (TPSA) is 65.8 Å². The summed E-state index contributed by atoms with van der Waals surface area (Å²) in [5.41, 5.74) is 4.10. The van der Waals surface area contributed by atoms with Gasteiger partial charge in [0.1, 0.15) is 0 Å². The zero-order chi connectivity index (χ0) is 16.9. The molecule has 3 rings (SSSR count). The normalized spacial score (nSPS) is 10.0. The Labute approximate surface area is 140 Å². The number of carbonyl (C=O) groups excluding carboxylic acids is 1. The lowest BCUT2D eigenvalue weighted by Crippen LogP contribution is -2.14. The number of pyridine rings is 1. The van der Waals surface area contributed by atoms with Crippen molar-refractivity contribution in [1.29, 1.82) is 5.26 Å². The molecular weight excluding hydrogens is 298 g/mol. The van der Waals surface area contributed by atoms with E-state index < -0.39 is 0 Å². The van der Waals surface area contributed by atoms with Crippen molar-refractivity contribution in [2.24, 2.45) is 0 Å². The van der Waals surface area contributed by atoms with Crippen LogP contribution in [0.1, 0.15) is 21.6 Å². The fourth-order valence-electron chi connectivity index (χ4n) is 2.44. The van der Waals surface area contributed by atoms with E-state index in [4.69, 9.17) is 5.26 Å². The summed E-state index contributed by atoms with van der Waals surface area (Å²) in [6, 6.07) is 22.3. The first-order valence-corrected chi connectivity index (χ1v) is 7.52. The number of hydrogen-bond acceptors (Lipinski definition) is 3. The number of anilines is 1. The van der Waals surface area contributed by atoms with Crippen molar-refractivity contribution in [2.45, 2.75) is 6.92 Å². The molecule has 1 heterocycles. The summed E-state index contributed by atoms with van der Waals surface area (Å²) in [5.74, 6) is -0.241. The quantitative estimate of drug-likeness (QED) is 0.788. The number of aromatic nitrogens is 1. The number of nitrogens with zero attached hydrogens (tertiary/aromatic N) is 2. The molecule has 0 spiro atoms. The molecule has 4 heteroatoms. The van der Waals surface area contributed by atoms with Gasteiger partial charge in [-0.1, -0.05) is 36.4 Å². The highest BCUT2D eigenvalue weighted by molar-refractivity contribution is 6.05. The van der Waals surface area contributed by atoms with Crippen LogP contribution in [0.3, 0.4) is 0 Å². The van der Waals surface area contributed by atoms with Crippen LogP contribution in [0.2, 0.25) is 0 Å². The summed E-state index contributed by atoms with van der Waals surface area (Å²) in [7, 11) is 0. The van der Waals surface area contributed by atoms with Crippen LogP contribution in [0, 0.1) is 18.3 Å². The molecular formula is C20H15N3O. The first-order valence-electron chi connectivity index (χ1n) is 7.52. The van der Waals surface area contributed by atoms with Gasteiger partial charge in [0.05, 0.1) is 28.6 Å². The Kier molecular flexibility index (Phi) is 4.35. The Morgan fingerprint density at radius 2 is 1.83 bits per heavy atom. The highest BCUT2D eigenvalue weighted by atomic mass is 16.1. The Bertz CT molecular complexity index is 927. The predicted octanol–water partition coefficient (Wildman–Crippen LogP) is 4.18. The van der Waals surface area contributed by atoms with E-state index in [-0.39, 0.29) is 5.91 Å². The van der Waals surface area contributed by atoms with Gasteiger partial charge in [0.25, 0.3) is 5.91 Å². The smallest absolute Gasteiger partial charge is 0.257 e. The van der Waals surface area contributed by atoms with Gasteiger partial charge < -0.3 is 5.32 Å². The van der Waals surface area contributed by atoms with Crippen molar-refractivity contribution in [3.8, 4) is 17.3 Å². The molecule has 0 saturated carbocycles. The Morgan fingerprint density at radius 1 is 1.04 bits per heavy atom. The molecule has 1 aromatic heterocycles. The minimum atomic E-state index is -0.241. The first-order chi connectivity index (χ1) is 11.7. The number of aryl methyl sites for hydroxylation is 1. The summed E-state index contributed by atoms with van der Waals surface area (Å²) < 4.78 is 0. The predicted molar refractivity (Wildman–Crippen MR) is 93.5 cm³/mol. The van der Waals surface area contributed by atoms with Gasteiger partial charge in [-0.2, -0.15) is 5.26 Å². The molecule has 0 unspecified atom stereocenters. The van der Waals surface area contributed by atoms with Crippen LogP contribution in [0.4, 0.5) is 5.69 Å². The van der Waals surface area contributed by atoms with Crippen molar-refractivity contribution < 1.29 is 4.79 Å². The third-order valence-corrected chi connectivity index (χ3v) is 3.65. The van der Waals surface area contributed by atoms with Gasteiger partial charge in [-0.3, -0.25) is 9.78 Å². The van der Waals surface area contributed by atoms with Crippen LogP contribution in [-0.4, -0.2) is 10.9 Å². The molecule has 1 amide bonds. The number of nitrogens with one attached hydrogen (secondary N) is 1. The summed E-state index contributed by atoms with van der Waals surface area (Å²) >= 11 is 0. The fourth-order valence-corrected chi connectivity index (χ4v) is 2.44. The van der Waals surface area contributed by atoms with Gasteiger partial charge in [0.2, 0.25) is 0 Å². The van der Waals surface area contributed by atoms with Crippen molar-refractivity contribution in [1.82, 2.24) is 4.98 Å². The van der Waals surface area contributed by atoms with E-state index in [1.807, 2.05) is 43.3 Å². The Hall–Kier alpha value is -3.45. The highest BCUT2D eigenvalue weighted by Crippen LogP contribution is 2.19. The maximum atomic E-state index is 12.4. The number of hydrogen-bond donors (Lipinski definition) is 1. The minimum Gasteiger partial charge on any atom is -0.322 e. The zero-order valence-electron chi connectivity index (χ0n) is 13.2. The molecule has 4 nitrogen and oxygen atoms in total. The number of rotatable bonds is 3. The molecule has 3 aromatic rings. The summed E-state index contributed by atoms with van der Waals surface area (Å²) in [6.07, 6.45) is 0. The number of amides is 1. The third-order valence-electron chi connectivity index (χ3n) is 3.65. The highest BCUT2D eigenvalue weighted by Gasteiger charge is 2.12. The van der Waals surface area contributed by atoms with Gasteiger partial charge in [0.15, 0.2) is 0 Å². The van der Waals surface area contributed by atoms with Crippen molar-refractivity contribution >= 4 is 11.6 Å². The van der Waals surface area contributed by atoms with Crippen LogP contribution < -0.4 is 5.32 Å². The standard InChI is InChI=1S/C20H15N3O/c1-14-18(10-11-19(22-14)16-7-3-2-4-8-16)20(24)23-17-9-5-6-15(12-17)13-21/h2-12H,1H3,(H,23,24). The molecule has 0 fully saturated rings. The molecule has 0 aliphatic carbocycles. The monoisotopic (exact) mass is 313 g/mol. The van der Waals surface area contributed by atoms with E-state index in [2.05, 4.69) is 16.4 Å². The Balaban J connectivity index is 1.84. The number of nitriles is 1. The molecule has 0 aliphatic heterocycles. The summed E-state index contributed by atoms with van der Waals surface area (Å²) in [6.45, 7) is 1.81. The molecule has 24 heavy (non-hydrogen) atoms. The van der Waals surface area contributed by atoms with Gasteiger partial charge >= 0.3 is 0 Å². The van der Waals surface area contributed by atoms with Gasteiger partial charge in [-0.15, -0.1) is 0 Å². The molecule has 0 aliphatic rings. The summed E-state index contributed by atoms with van der Waals surface area (Å²) in [5, 5.41) is 11.7. The largest absolute Gasteiger partial charge is 0.322 e. The van der Waals surface area contributed by atoms with Gasteiger partial charge in [0, 0.05) is 11.3 Å². The van der Waals surface area contributed by atoms with Crippen LogP contribution >= 0.6 is 0 Å². The first kappa shape index (κ1) is 15.4.